The van der Waals surface area contributed by atoms with E-state index in [1.165, 1.54) is 0 Å². The topological polar surface area (TPSA) is 51.4 Å². The van der Waals surface area contributed by atoms with Gasteiger partial charge in [-0.2, -0.15) is 0 Å². The number of esters is 1. The van der Waals surface area contributed by atoms with Gasteiger partial charge in [0.1, 0.15) is 12.2 Å². The van der Waals surface area contributed by atoms with Crippen molar-refractivity contribution in [1.82, 2.24) is 0 Å². The van der Waals surface area contributed by atoms with Gasteiger partial charge in [-0.3, -0.25) is 0 Å². The average molecular weight is 264 g/mol. The lowest BCUT2D eigenvalue weighted by Gasteiger charge is -2.20. The molecule has 0 N–H and O–H groups in total. The van der Waals surface area contributed by atoms with Gasteiger partial charge >= 0.3 is 5.97 Å². The molecular weight excluding hydrogens is 244 g/mol. The third kappa shape index (κ3) is 1.62. The zero-order chi connectivity index (χ0) is 13.4. The molecule has 104 valence electrons. The molecule has 6 atom stereocenters. The SMILES string of the molecule is C=C1C(=O)O[C@H]2[C@H]1CC[C@]1(C)O[C@@H]1CC[C@@]1(C)O[C@@H]21. The summed E-state index contributed by atoms with van der Waals surface area (Å²) in [5.74, 6) is -0.149. The van der Waals surface area contributed by atoms with Gasteiger partial charge < -0.3 is 14.2 Å². The van der Waals surface area contributed by atoms with Gasteiger partial charge in [-0.1, -0.05) is 6.58 Å². The first-order valence-electron chi connectivity index (χ1n) is 7.18. The predicted molar refractivity (Wildman–Crippen MR) is 67.5 cm³/mol. The lowest BCUT2D eigenvalue weighted by molar-refractivity contribution is -0.140. The summed E-state index contributed by atoms with van der Waals surface area (Å²) in [6.07, 6.45) is 4.15. The Morgan fingerprint density at radius 2 is 1.89 bits per heavy atom. The second kappa shape index (κ2) is 3.41. The molecule has 0 amide bonds. The summed E-state index contributed by atoms with van der Waals surface area (Å²) >= 11 is 0. The first-order chi connectivity index (χ1) is 8.93. The summed E-state index contributed by atoms with van der Waals surface area (Å²) in [6.45, 7) is 8.20. The molecule has 3 aliphatic heterocycles. The van der Waals surface area contributed by atoms with Crippen molar-refractivity contribution in [1.29, 1.82) is 0 Å². The maximum atomic E-state index is 11.8. The van der Waals surface area contributed by atoms with Gasteiger partial charge in [-0.25, -0.2) is 4.79 Å². The van der Waals surface area contributed by atoms with Crippen LogP contribution in [0.4, 0.5) is 0 Å². The summed E-state index contributed by atoms with van der Waals surface area (Å²) in [5, 5.41) is 0. The van der Waals surface area contributed by atoms with Gasteiger partial charge in [0, 0.05) is 11.5 Å². The van der Waals surface area contributed by atoms with Crippen LogP contribution in [0.1, 0.15) is 39.5 Å². The molecule has 0 aromatic rings. The molecule has 0 radical (unpaired) electrons. The second-order valence-corrected chi connectivity index (χ2v) is 6.85. The Morgan fingerprint density at radius 1 is 1.16 bits per heavy atom. The first-order valence-corrected chi connectivity index (χ1v) is 7.18. The van der Waals surface area contributed by atoms with Gasteiger partial charge in [-0.15, -0.1) is 0 Å². The van der Waals surface area contributed by atoms with Gasteiger partial charge in [-0.05, 0) is 39.5 Å². The van der Waals surface area contributed by atoms with Crippen molar-refractivity contribution in [2.75, 3.05) is 0 Å². The molecule has 4 heteroatoms. The molecule has 3 saturated heterocycles. The van der Waals surface area contributed by atoms with Crippen molar-refractivity contribution >= 4 is 5.97 Å². The molecular formula is C15H20O4. The molecule has 0 spiro atoms. The number of rotatable bonds is 0. The lowest BCUT2D eigenvalue weighted by atomic mass is 9.81. The van der Waals surface area contributed by atoms with E-state index in [-0.39, 0.29) is 35.3 Å². The first kappa shape index (κ1) is 11.9. The molecule has 3 heterocycles. The van der Waals surface area contributed by atoms with E-state index in [0.29, 0.717) is 11.7 Å². The van der Waals surface area contributed by atoms with Gasteiger partial charge in [0.2, 0.25) is 0 Å². The van der Waals surface area contributed by atoms with E-state index in [0.717, 1.165) is 25.7 Å². The van der Waals surface area contributed by atoms with Crippen LogP contribution in [-0.2, 0) is 19.0 Å². The zero-order valence-electron chi connectivity index (χ0n) is 11.5. The number of carbonyl (C=O) groups excluding carboxylic acids is 1. The minimum Gasteiger partial charge on any atom is -0.455 e. The van der Waals surface area contributed by atoms with Gasteiger partial charge in [0.05, 0.1) is 17.3 Å². The normalized spacial score (nSPS) is 55.7. The van der Waals surface area contributed by atoms with Crippen LogP contribution in [0.5, 0.6) is 0 Å². The molecule has 4 aliphatic rings. The Kier molecular flexibility index (Phi) is 2.14. The monoisotopic (exact) mass is 264 g/mol. The molecule has 4 nitrogen and oxygen atoms in total. The van der Waals surface area contributed by atoms with Crippen LogP contribution < -0.4 is 0 Å². The fourth-order valence-electron chi connectivity index (χ4n) is 3.85. The Labute approximate surface area is 113 Å². The van der Waals surface area contributed by atoms with E-state index in [9.17, 15) is 4.79 Å². The summed E-state index contributed by atoms with van der Waals surface area (Å²) in [4.78, 5) is 11.8. The number of fused-ring (bicyclic) bond motifs is 4. The average Bonchev–Trinajstić information content (AvgIpc) is 3.18. The van der Waals surface area contributed by atoms with Crippen molar-refractivity contribution in [2.45, 2.75) is 69.0 Å². The highest BCUT2D eigenvalue weighted by molar-refractivity contribution is 5.91. The molecule has 19 heavy (non-hydrogen) atoms. The van der Waals surface area contributed by atoms with E-state index >= 15 is 0 Å². The summed E-state index contributed by atoms with van der Waals surface area (Å²) in [5.41, 5.74) is 0.469. The fourth-order valence-corrected chi connectivity index (χ4v) is 3.85. The lowest BCUT2D eigenvalue weighted by Crippen LogP contribution is -2.30. The van der Waals surface area contributed by atoms with Crippen LogP contribution in [0.15, 0.2) is 12.2 Å². The summed E-state index contributed by atoms with van der Waals surface area (Å²) in [6, 6.07) is 0. The molecule has 0 aromatic heterocycles. The number of carbonyl (C=O) groups is 1. The molecule has 1 saturated carbocycles. The quantitative estimate of drug-likeness (QED) is 0.381. The molecule has 4 fully saturated rings. The van der Waals surface area contributed by atoms with E-state index in [1.54, 1.807) is 0 Å². The summed E-state index contributed by atoms with van der Waals surface area (Å²) < 4.78 is 17.2. The van der Waals surface area contributed by atoms with Crippen molar-refractivity contribution < 1.29 is 19.0 Å². The highest BCUT2D eigenvalue weighted by Gasteiger charge is 2.64. The van der Waals surface area contributed by atoms with Gasteiger partial charge in [0.15, 0.2) is 0 Å². The smallest absolute Gasteiger partial charge is 0.334 e. The van der Waals surface area contributed by atoms with E-state index in [4.69, 9.17) is 14.2 Å². The third-order valence-electron chi connectivity index (χ3n) is 5.48. The van der Waals surface area contributed by atoms with Crippen molar-refractivity contribution in [2.24, 2.45) is 5.92 Å². The van der Waals surface area contributed by atoms with Crippen LogP contribution in [0, 0.1) is 5.92 Å². The van der Waals surface area contributed by atoms with Crippen LogP contribution in [-0.4, -0.2) is 35.5 Å². The predicted octanol–water partition coefficient (Wildman–Crippen LogP) is 1.97. The van der Waals surface area contributed by atoms with E-state index in [2.05, 4.69) is 20.4 Å². The van der Waals surface area contributed by atoms with Crippen LogP contribution in [0.2, 0.25) is 0 Å². The minimum absolute atomic E-state index is 0.00540. The molecule has 0 unspecified atom stereocenters. The highest BCUT2D eigenvalue weighted by atomic mass is 16.6. The van der Waals surface area contributed by atoms with Crippen LogP contribution in [0.3, 0.4) is 0 Å². The van der Waals surface area contributed by atoms with Crippen molar-refractivity contribution in [3.8, 4) is 0 Å². The van der Waals surface area contributed by atoms with E-state index in [1.807, 2.05) is 0 Å². The molecule has 0 bridgehead atoms. The Hall–Kier alpha value is -0.870. The number of ether oxygens (including phenoxy) is 3. The summed E-state index contributed by atoms with van der Waals surface area (Å²) in [7, 11) is 0. The molecule has 4 rings (SSSR count). The van der Waals surface area contributed by atoms with Gasteiger partial charge in [0.25, 0.3) is 0 Å². The third-order valence-corrected chi connectivity index (χ3v) is 5.48. The highest BCUT2D eigenvalue weighted by Crippen LogP contribution is 2.54. The van der Waals surface area contributed by atoms with Crippen LogP contribution >= 0.6 is 0 Å². The number of hydrogen-bond acceptors (Lipinski definition) is 4. The fraction of sp³-hybridized carbons (Fsp3) is 0.800. The zero-order valence-corrected chi connectivity index (χ0v) is 11.5. The van der Waals surface area contributed by atoms with Crippen molar-refractivity contribution in [3.63, 3.8) is 0 Å². The standard InChI is InChI=1S/C15H20O4/c1-8-9-4-6-14(2)10(18-14)5-7-15(3)12(19-15)11(9)17-13(8)16/h9-12H,1,4-7H2,2-3H3/t9-,10+,11-,12-,14-,15+/m0/s1. The Balaban J connectivity index is 1.62. The second-order valence-electron chi connectivity index (χ2n) is 6.85. The maximum absolute atomic E-state index is 11.8. The van der Waals surface area contributed by atoms with Crippen molar-refractivity contribution in [3.05, 3.63) is 12.2 Å². The largest absolute Gasteiger partial charge is 0.455 e. The number of epoxide rings is 2. The minimum atomic E-state index is -0.245. The maximum Gasteiger partial charge on any atom is 0.334 e. The Morgan fingerprint density at radius 3 is 2.68 bits per heavy atom. The number of hydrogen-bond donors (Lipinski definition) is 0. The van der Waals surface area contributed by atoms with Crippen LogP contribution in [0.25, 0.3) is 0 Å². The molecule has 1 aliphatic carbocycles. The Bertz CT molecular complexity index is 473. The van der Waals surface area contributed by atoms with E-state index < -0.39 is 0 Å². The molecule has 0 aromatic carbocycles.